The van der Waals surface area contributed by atoms with Gasteiger partial charge in [-0.25, -0.2) is 0 Å². The minimum absolute atomic E-state index is 0.557. The quantitative estimate of drug-likeness (QED) is 0.304. The lowest BCUT2D eigenvalue weighted by atomic mass is 10.1. The molecular weight excluding hydrogens is 222 g/mol. The summed E-state index contributed by atoms with van der Waals surface area (Å²) in [7, 11) is 0. The van der Waals surface area contributed by atoms with Gasteiger partial charge in [0.15, 0.2) is 0 Å². The van der Waals surface area contributed by atoms with Gasteiger partial charge in [-0.15, -0.1) is 0 Å². The highest BCUT2D eigenvalue weighted by Crippen LogP contribution is 2.17. The van der Waals surface area contributed by atoms with Gasteiger partial charge in [-0.3, -0.25) is 0 Å². The maximum Gasteiger partial charge on any atom is 0.0532 e. The zero-order valence-corrected chi connectivity index (χ0v) is 9.96. The molecule has 0 aliphatic rings. The number of benzene rings is 2. The van der Waals surface area contributed by atoms with Gasteiger partial charge in [0.2, 0.25) is 0 Å². The molecule has 0 fully saturated rings. The highest BCUT2D eigenvalue weighted by Gasteiger charge is 1.95. The molecule has 0 amide bonds. The third-order valence-electron chi connectivity index (χ3n) is 2.53. The Morgan fingerprint density at radius 1 is 0.944 bits per heavy atom. The second-order valence-corrected chi connectivity index (χ2v) is 3.77. The van der Waals surface area contributed by atoms with Crippen LogP contribution in [-0.4, -0.2) is 0 Å². The van der Waals surface area contributed by atoms with Crippen molar-refractivity contribution < 1.29 is 0 Å². The van der Waals surface area contributed by atoms with Gasteiger partial charge in [0.05, 0.1) is 5.69 Å². The van der Waals surface area contributed by atoms with Gasteiger partial charge < -0.3 is 0 Å². The summed E-state index contributed by atoms with van der Waals surface area (Å²) in [4.78, 5) is 2.80. The van der Waals surface area contributed by atoms with E-state index in [-0.39, 0.29) is 0 Å². The third-order valence-corrected chi connectivity index (χ3v) is 2.53. The normalized spacial score (nSPS) is 8.94. The van der Waals surface area contributed by atoms with Crippen molar-refractivity contribution in [1.82, 2.24) is 0 Å². The minimum Gasteiger partial charge on any atom is -0.0619 e. The predicted molar refractivity (Wildman–Crippen MR) is 72.4 cm³/mol. The SMILES string of the molecule is Cc1ccccc1C#Cc1ccccc1N=[N+]=[N-]. The van der Waals surface area contributed by atoms with Crippen LogP contribution in [0.15, 0.2) is 53.6 Å². The maximum absolute atomic E-state index is 8.48. The van der Waals surface area contributed by atoms with E-state index in [2.05, 4.69) is 21.9 Å². The van der Waals surface area contributed by atoms with E-state index in [9.17, 15) is 0 Å². The molecule has 86 valence electrons. The van der Waals surface area contributed by atoms with E-state index in [1.165, 1.54) is 0 Å². The number of hydrogen-bond acceptors (Lipinski definition) is 1. The zero-order chi connectivity index (χ0) is 12.8. The molecule has 0 aliphatic heterocycles. The molecule has 0 atom stereocenters. The van der Waals surface area contributed by atoms with Crippen molar-refractivity contribution >= 4 is 5.69 Å². The van der Waals surface area contributed by atoms with Gasteiger partial charge in [0.1, 0.15) is 0 Å². The molecule has 0 unspecified atom stereocenters. The van der Waals surface area contributed by atoms with E-state index in [1.807, 2.05) is 49.4 Å². The molecule has 0 aromatic heterocycles. The summed E-state index contributed by atoms with van der Waals surface area (Å²) in [6.07, 6.45) is 0. The summed E-state index contributed by atoms with van der Waals surface area (Å²) >= 11 is 0. The Morgan fingerprint density at radius 2 is 1.56 bits per heavy atom. The van der Waals surface area contributed by atoms with Crippen LogP contribution < -0.4 is 0 Å². The van der Waals surface area contributed by atoms with Gasteiger partial charge in [0, 0.05) is 16.0 Å². The summed E-state index contributed by atoms with van der Waals surface area (Å²) in [6.45, 7) is 2.02. The van der Waals surface area contributed by atoms with Crippen molar-refractivity contribution in [3.8, 4) is 11.8 Å². The van der Waals surface area contributed by atoms with Gasteiger partial charge in [0.25, 0.3) is 0 Å². The summed E-state index contributed by atoms with van der Waals surface area (Å²) in [6, 6.07) is 15.2. The fourth-order valence-electron chi connectivity index (χ4n) is 1.56. The molecule has 0 radical (unpaired) electrons. The van der Waals surface area contributed by atoms with Crippen LogP contribution in [0.3, 0.4) is 0 Å². The summed E-state index contributed by atoms with van der Waals surface area (Å²) in [5.74, 6) is 6.14. The Morgan fingerprint density at radius 3 is 2.28 bits per heavy atom. The fourth-order valence-corrected chi connectivity index (χ4v) is 1.56. The Bertz CT molecular complexity index is 671. The summed E-state index contributed by atoms with van der Waals surface area (Å²) < 4.78 is 0. The highest BCUT2D eigenvalue weighted by molar-refractivity contribution is 5.57. The van der Waals surface area contributed by atoms with Gasteiger partial charge >= 0.3 is 0 Å². The van der Waals surface area contributed by atoms with Crippen LogP contribution in [0.2, 0.25) is 0 Å². The van der Waals surface area contributed by atoms with Crippen LogP contribution in [0.25, 0.3) is 10.4 Å². The average molecular weight is 233 g/mol. The molecule has 2 aromatic carbocycles. The molecule has 3 nitrogen and oxygen atoms in total. The smallest absolute Gasteiger partial charge is 0.0532 e. The molecule has 2 rings (SSSR count). The van der Waals surface area contributed by atoms with E-state index >= 15 is 0 Å². The Kier molecular flexibility index (Phi) is 3.66. The largest absolute Gasteiger partial charge is 0.0619 e. The minimum atomic E-state index is 0.557. The number of rotatable bonds is 1. The van der Waals surface area contributed by atoms with Crippen molar-refractivity contribution in [3.63, 3.8) is 0 Å². The van der Waals surface area contributed by atoms with E-state index in [0.29, 0.717) is 5.69 Å². The maximum atomic E-state index is 8.48. The van der Waals surface area contributed by atoms with E-state index in [1.54, 1.807) is 6.07 Å². The first-order valence-corrected chi connectivity index (χ1v) is 5.53. The molecular formula is C15H11N3. The number of nitrogens with zero attached hydrogens (tertiary/aromatic N) is 3. The molecule has 0 aliphatic carbocycles. The monoisotopic (exact) mass is 233 g/mol. The molecule has 2 aromatic rings. The standard InChI is InChI=1S/C15H11N3/c1-12-6-2-3-7-13(12)10-11-14-8-4-5-9-15(14)17-18-16/h2-9H,1H3. The Balaban J connectivity index is 2.42. The van der Waals surface area contributed by atoms with Crippen LogP contribution in [0, 0.1) is 18.8 Å². The van der Waals surface area contributed by atoms with Crippen LogP contribution in [0.4, 0.5) is 5.69 Å². The molecule has 3 heteroatoms. The lowest BCUT2D eigenvalue weighted by Crippen LogP contribution is -1.81. The first kappa shape index (κ1) is 11.8. The highest BCUT2D eigenvalue weighted by atomic mass is 15.1. The first-order valence-electron chi connectivity index (χ1n) is 5.53. The Hall–Kier alpha value is -2.69. The van der Waals surface area contributed by atoms with Crippen molar-refractivity contribution in [2.45, 2.75) is 6.92 Å². The summed E-state index contributed by atoms with van der Waals surface area (Å²) in [5.41, 5.74) is 11.9. The van der Waals surface area contributed by atoms with Gasteiger partial charge in [-0.05, 0) is 30.2 Å². The second kappa shape index (κ2) is 5.58. The average Bonchev–Trinajstić information content (AvgIpc) is 2.40. The zero-order valence-electron chi connectivity index (χ0n) is 9.96. The lowest BCUT2D eigenvalue weighted by molar-refractivity contribution is 1.43. The number of azide groups is 1. The topological polar surface area (TPSA) is 48.8 Å². The molecule has 0 bridgehead atoms. The van der Waals surface area contributed by atoms with E-state index < -0.39 is 0 Å². The lowest BCUT2D eigenvalue weighted by Gasteiger charge is -1.97. The first-order chi connectivity index (χ1) is 8.81. The number of hydrogen-bond donors (Lipinski definition) is 0. The molecule has 0 saturated heterocycles. The van der Waals surface area contributed by atoms with Crippen molar-refractivity contribution in [2.75, 3.05) is 0 Å². The number of aryl methyl sites for hydroxylation is 1. The fraction of sp³-hybridized carbons (Fsp3) is 0.0667. The van der Waals surface area contributed by atoms with Gasteiger partial charge in [-0.2, -0.15) is 0 Å². The van der Waals surface area contributed by atoms with Crippen molar-refractivity contribution in [1.29, 1.82) is 0 Å². The van der Waals surface area contributed by atoms with Crippen molar-refractivity contribution in [2.24, 2.45) is 5.11 Å². The van der Waals surface area contributed by atoms with Crippen LogP contribution >= 0.6 is 0 Å². The predicted octanol–water partition coefficient (Wildman–Crippen LogP) is 4.34. The van der Waals surface area contributed by atoms with Crippen LogP contribution in [0.5, 0.6) is 0 Å². The summed E-state index contributed by atoms with van der Waals surface area (Å²) in [5, 5.41) is 3.62. The van der Waals surface area contributed by atoms with E-state index in [0.717, 1.165) is 16.7 Å². The second-order valence-electron chi connectivity index (χ2n) is 3.77. The van der Waals surface area contributed by atoms with Crippen molar-refractivity contribution in [3.05, 3.63) is 75.7 Å². The molecule has 0 N–H and O–H groups in total. The molecule has 18 heavy (non-hydrogen) atoms. The van der Waals surface area contributed by atoms with Gasteiger partial charge in [-0.1, -0.05) is 53.4 Å². The molecule has 0 spiro atoms. The molecule has 0 saturated carbocycles. The molecule has 0 heterocycles. The Labute approximate surface area is 106 Å². The van der Waals surface area contributed by atoms with Crippen LogP contribution in [0.1, 0.15) is 16.7 Å². The van der Waals surface area contributed by atoms with E-state index in [4.69, 9.17) is 5.53 Å². The third kappa shape index (κ3) is 2.70. The van der Waals surface area contributed by atoms with Crippen LogP contribution in [-0.2, 0) is 0 Å².